The van der Waals surface area contributed by atoms with Crippen LogP contribution in [0.25, 0.3) is 0 Å². The van der Waals surface area contributed by atoms with Crippen molar-refractivity contribution in [1.82, 2.24) is 0 Å². The molecular formula is C17H19ClO2. The van der Waals surface area contributed by atoms with Gasteiger partial charge in [0.1, 0.15) is 11.9 Å². The van der Waals surface area contributed by atoms with E-state index < -0.39 is 6.10 Å². The second kappa shape index (κ2) is 5.86. The molecule has 0 bridgehead atoms. The van der Waals surface area contributed by atoms with E-state index in [0.717, 1.165) is 33.6 Å². The van der Waals surface area contributed by atoms with Crippen molar-refractivity contribution in [2.24, 2.45) is 0 Å². The van der Waals surface area contributed by atoms with Gasteiger partial charge in [0.25, 0.3) is 0 Å². The third-order valence-electron chi connectivity index (χ3n) is 3.51. The zero-order valence-electron chi connectivity index (χ0n) is 12.2. The molecule has 0 heterocycles. The van der Waals surface area contributed by atoms with E-state index in [1.165, 1.54) is 0 Å². The average molecular weight is 291 g/mol. The van der Waals surface area contributed by atoms with Crippen LogP contribution in [0.15, 0.2) is 30.3 Å². The number of benzene rings is 2. The molecule has 2 aromatic carbocycles. The van der Waals surface area contributed by atoms with Crippen molar-refractivity contribution in [3.8, 4) is 5.75 Å². The van der Waals surface area contributed by atoms with Crippen LogP contribution in [0.3, 0.4) is 0 Å². The molecule has 0 aromatic heterocycles. The fourth-order valence-electron chi connectivity index (χ4n) is 2.44. The Morgan fingerprint density at radius 2 is 1.55 bits per heavy atom. The molecule has 0 aliphatic rings. The lowest BCUT2D eigenvalue weighted by atomic mass is 9.96. The quantitative estimate of drug-likeness (QED) is 0.910. The molecule has 0 saturated heterocycles. The van der Waals surface area contributed by atoms with Crippen LogP contribution in [-0.4, -0.2) is 12.2 Å². The lowest BCUT2D eigenvalue weighted by Crippen LogP contribution is -2.02. The molecule has 20 heavy (non-hydrogen) atoms. The van der Waals surface area contributed by atoms with Gasteiger partial charge in [0.2, 0.25) is 0 Å². The van der Waals surface area contributed by atoms with Crippen molar-refractivity contribution in [3.05, 3.63) is 63.2 Å². The molecule has 0 saturated carbocycles. The number of aryl methyl sites for hydroxylation is 3. The number of methoxy groups -OCH3 is 1. The SMILES string of the molecule is COc1c(C)cc(C(O)c2ccc(C)c(Cl)c2)cc1C. The predicted octanol–water partition coefficient (Wildman–Crippen LogP) is 4.36. The number of aliphatic hydroxyl groups excluding tert-OH is 1. The summed E-state index contributed by atoms with van der Waals surface area (Å²) in [6, 6.07) is 9.54. The van der Waals surface area contributed by atoms with Gasteiger partial charge < -0.3 is 9.84 Å². The highest BCUT2D eigenvalue weighted by molar-refractivity contribution is 6.31. The maximum absolute atomic E-state index is 10.5. The summed E-state index contributed by atoms with van der Waals surface area (Å²) in [7, 11) is 1.66. The minimum atomic E-state index is -0.684. The molecule has 1 atom stereocenters. The van der Waals surface area contributed by atoms with Gasteiger partial charge in [0, 0.05) is 5.02 Å². The molecule has 0 amide bonds. The van der Waals surface area contributed by atoms with Crippen molar-refractivity contribution in [1.29, 1.82) is 0 Å². The summed E-state index contributed by atoms with van der Waals surface area (Å²) in [6.45, 7) is 5.90. The van der Waals surface area contributed by atoms with Gasteiger partial charge >= 0.3 is 0 Å². The number of hydrogen-bond donors (Lipinski definition) is 1. The summed E-state index contributed by atoms with van der Waals surface area (Å²) in [6.07, 6.45) is -0.684. The Labute approximate surface area is 125 Å². The van der Waals surface area contributed by atoms with Gasteiger partial charge in [-0.2, -0.15) is 0 Å². The Hall–Kier alpha value is -1.51. The lowest BCUT2D eigenvalue weighted by molar-refractivity contribution is 0.220. The molecule has 1 N–H and O–H groups in total. The molecule has 106 valence electrons. The summed E-state index contributed by atoms with van der Waals surface area (Å²) < 4.78 is 5.35. The van der Waals surface area contributed by atoms with Gasteiger partial charge in [-0.1, -0.05) is 23.7 Å². The smallest absolute Gasteiger partial charge is 0.124 e. The molecule has 2 rings (SSSR count). The monoisotopic (exact) mass is 290 g/mol. The highest BCUT2D eigenvalue weighted by atomic mass is 35.5. The summed E-state index contributed by atoms with van der Waals surface area (Å²) in [5.41, 5.74) is 4.68. The zero-order chi connectivity index (χ0) is 14.9. The second-order valence-electron chi connectivity index (χ2n) is 5.10. The molecule has 0 aliphatic carbocycles. The lowest BCUT2D eigenvalue weighted by Gasteiger charge is -2.16. The maximum atomic E-state index is 10.5. The first kappa shape index (κ1) is 14.9. The van der Waals surface area contributed by atoms with Gasteiger partial charge in [0.15, 0.2) is 0 Å². The van der Waals surface area contributed by atoms with Gasteiger partial charge in [0.05, 0.1) is 7.11 Å². The molecule has 0 fully saturated rings. The minimum Gasteiger partial charge on any atom is -0.496 e. The highest BCUT2D eigenvalue weighted by Crippen LogP contribution is 2.31. The van der Waals surface area contributed by atoms with E-state index in [1.54, 1.807) is 7.11 Å². The predicted molar refractivity (Wildman–Crippen MR) is 82.7 cm³/mol. The molecule has 2 aromatic rings. The largest absolute Gasteiger partial charge is 0.496 e. The van der Waals surface area contributed by atoms with Crippen molar-refractivity contribution in [2.45, 2.75) is 26.9 Å². The normalized spacial score (nSPS) is 12.3. The summed E-state index contributed by atoms with van der Waals surface area (Å²) in [4.78, 5) is 0. The van der Waals surface area contributed by atoms with E-state index in [9.17, 15) is 5.11 Å². The van der Waals surface area contributed by atoms with Gasteiger partial charge in [-0.15, -0.1) is 0 Å². The van der Waals surface area contributed by atoms with Gasteiger partial charge in [-0.25, -0.2) is 0 Å². The van der Waals surface area contributed by atoms with Crippen LogP contribution < -0.4 is 4.74 Å². The van der Waals surface area contributed by atoms with Crippen molar-refractivity contribution < 1.29 is 9.84 Å². The number of halogens is 1. The number of ether oxygens (including phenoxy) is 1. The molecule has 0 aliphatic heterocycles. The maximum Gasteiger partial charge on any atom is 0.124 e. The Morgan fingerprint density at radius 1 is 0.950 bits per heavy atom. The van der Waals surface area contributed by atoms with Gasteiger partial charge in [-0.05, 0) is 66.8 Å². The fraction of sp³-hybridized carbons (Fsp3) is 0.294. The Bertz CT molecular complexity index is 612. The zero-order valence-corrected chi connectivity index (χ0v) is 13.0. The van der Waals surface area contributed by atoms with Crippen LogP contribution in [0.5, 0.6) is 5.75 Å². The first-order valence-electron chi connectivity index (χ1n) is 6.53. The number of rotatable bonds is 3. The Kier molecular flexibility index (Phi) is 4.36. The van der Waals surface area contributed by atoms with Crippen molar-refractivity contribution >= 4 is 11.6 Å². The number of aliphatic hydroxyl groups is 1. The van der Waals surface area contributed by atoms with Crippen molar-refractivity contribution in [2.75, 3.05) is 7.11 Å². The topological polar surface area (TPSA) is 29.5 Å². The van der Waals surface area contributed by atoms with Crippen LogP contribution in [0, 0.1) is 20.8 Å². The van der Waals surface area contributed by atoms with E-state index in [4.69, 9.17) is 16.3 Å². The summed E-state index contributed by atoms with van der Waals surface area (Å²) >= 11 is 6.12. The van der Waals surface area contributed by atoms with Crippen molar-refractivity contribution in [3.63, 3.8) is 0 Å². The van der Waals surface area contributed by atoms with Crippen LogP contribution in [0.4, 0.5) is 0 Å². The van der Waals surface area contributed by atoms with E-state index >= 15 is 0 Å². The van der Waals surface area contributed by atoms with E-state index in [2.05, 4.69) is 0 Å². The highest BCUT2D eigenvalue weighted by Gasteiger charge is 2.14. The van der Waals surface area contributed by atoms with Crippen LogP contribution in [-0.2, 0) is 0 Å². The van der Waals surface area contributed by atoms with E-state index in [1.807, 2.05) is 51.1 Å². The Morgan fingerprint density at radius 3 is 2.05 bits per heavy atom. The number of hydrogen-bond acceptors (Lipinski definition) is 2. The third kappa shape index (κ3) is 2.82. The first-order valence-corrected chi connectivity index (χ1v) is 6.91. The average Bonchev–Trinajstić information content (AvgIpc) is 2.40. The van der Waals surface area contributed by atoms with Crippen LogP contribution in [0.1, 0.15) is 33.9 Å². The second-order valence-corrected chi connectivity index (χ2v) is 5.51. The molecule has 0 spiro atoms. The standard InChI is InChI=1S/C17H19ClO2/c1-10-5-6-13(9-15(10)18)16(19)14-7-11(2)17(20-4)12(3)8-14/h5-9,16,19H,1-4H3. The van der Waals surface area contributed by atoms with Gasteiger partial charge in [-0.3, -0.25) is 0 Å². The first-order chi connectivity index (χ1) is 9.43. The molecule has 3 heteroatoms. The molecule has 2 nitrogen and oxygen atoms in total. The minimum absolute atomic E-state index is 0.670. The third-order valence-corrected chi connectivity index (χ3v) is 3.92. The van der Waals surface area contributed by atoms with Crippen LogP contribution >= 0.6 is 11.6 Å². The fourth-order valence-corrected chi connectivity index (χ4v) is 2.62. The molecule has 0 radical (unpaired) electrons. The summed E-state index contributed by atoms with van der Waals surface area (Å²) in [5.74, 6) is 0.864. The molecular weight excluding hydrogens is 272 g/mol. The molecule has 1 unspecified atom stereocenters. The van der Waals surface area contributed by atoms with E-state index in [0.29, 0.717) is 5.02 Å². The van der Waals surface area contributed by atoms with Crippen LogP contribution in [0.2, 0.25) is 5.02 Å². The van der Waals surface area contributed by atoms with E-state index in [-0.39, 0.29) is 0 Å². The summed E-state index contributed by atoms with van der Waals surface area (Å²) in [5, 5.41) is 11.2. The Balaban J connectivity index is 2.42.